The van der Waals surface area contributed by atoms with Gasteiger partial charge in [-0.1, -0.05) is 18.2 Å². The first-order valence-electron chi connectivity index (χ1n) is 5.03. The lowest BCUT2D eigenvalue weighted by molar-refractivity contribution is 0.295. The van der Waals surface area contributed by atoms with Crippen molar-refractivity contribution in [3.05, 3.63) is 46.7 Å². The second-order valence-electron chi connectivity index (χ2n) is 3.25. The molecule has 0 bridgehead atoms. The summed E-state index contributed by atoms with van der Waals surface area (Å²) in [7, 11) is 1.53. The Kier molecular flexibility index (Phi) is 3.93. The van der Waals surface area contributed by atoms with Gasteiger partial charge >= 0.3 is 6.01 Å². The highest BCUT2D eigenvalue weighted by atomic mass is 79.9. The van der Waals surface area contributed by atoms with Gasteiger partial charge in [-0.15, -0.1) is 0 Å². The van der Waals surface area contributed by atoms with Crippen LogP contribution < -0.4 is 9.47 Å². The monoisotopic (exact) mass is 294 g/mol. The predicted octanol–water partition coefficient (Wildman–Crippen LogP) is 2.83. The van der Waals surface area contributed by atoms with Crippen molar-refractivity contribution >= 4 is 15.9 Å². The van der Waals surface area contributed by atoms with Crippen LogP contribution in [-0.4, -0.2) is 17.1 Å². The fraction of sp³-hybridized carbons (Fsp3) is 0.167. The Morgan fingerprint density at radius 1 is 1.24 bits per heavy atom. The van der Waals surface area contributed by atoms with Crippen LogP contribution in [-0.2, 0) is 6.61 Å². The zero-order valence-electron chi connectivity index (χ0n) is 9.26. The van der Waals surface area contributed by atoms with Crippen molar-refractivity contribution < 1.29 is 9.47 Å². The molecule has 1 aromatic heterocycles. The fourth-order valence-corrected chi connectivity index (χ4v) is 1.56. The van der Waals surface area contributed by atoms with E-state index in [0.717, 1.165) is 15.9 Å². The van der Waals surface area contributed by atoms with Gasteiger partial charge < -0.3 is 9.47 Å². The Labute approximate surface area is 108 Å². The van der Waals surface area contributed by atoms with E-state index in [1.165, 1.54) is 7.11 Å². The first-order valence-corrected chi connectivity index (χ1v) is 5.82. The maximum absolute atomic E-state index is 5.60. The third-order valence-electron chi connectivity index (χ3n) is 2.10. The Morgan fingerprint density at radius 3 is 2.71 bits per heavy atom. The van der Waals surface area contributed by atoms with Crippen LogP contribution in [0.3, 0.4) is 0 Å². The fourth-order valence-electron chi connectivity index (χ4n) is 1.25. The highest BCUT2D eigenvalue weighted by molar-refractivity contribution is 9.10. The normalized spacial score (nSPS) is 10.0. The van der Waals surface area contributed by atoms with Crippen LogP contribution in [0.2, 0.25) is 0 Å². The lowest BCUT2D eigenvalue weighted by Crippen LogP contribution is -2.02. The molecule has 88 valence electrons. The standard InChI is InChI=1S/C12H11BrN2O2/c1-16-12-14-7-10(13)11(15-12)8-17-9-5-3-2-4-6-9/h2-7H,8H2,1H3. The number of benzene rings is 1. The number of rotatable bonds is 4. The molecule has 0 aliphatic rings. The van der Waals surface area contributed by atoms with Gasteiger partial charge in [-0.25, -0.2) is 4.98 Å². The highest BCUT2D eigenvalue weighted by Gasteiger charge is 2.06. The summed E-state index contributed by atoms with van der Waals surface area (Å²) in [6.45, 7) is 0.365. The molecule has 0 fully saturated rings. The summed E-state index contributed by atoms with van der Waals surface area (Å²) in [6, 6.07) is 9.91. The molecule has 0 aliphatic carbocycles. The van der Waals surface area contributed by atoms with E-state index >= 15 is 0 Å². The zero-order chi connectivity index (χ0) is 12.1. The molecule has 17 heavy (non-hydrogen) atoms. The summed E-state index contributed by atoms with van der Waals surface area (Å²) in [4.78, 5) is 8.18. The minimum Gasteiger partial charge on any atom is -0.487 e. The summed E-state index contributed by atoms with van der Waals surface area (Å²) in [5.74, 6) is 0.803. The van der Waals surface area contributed by atoms with Crippen molar-refractivity contribution in [2.45, 2.75) is 6.61 Å². The number of halogens is 1. The third-order valence-corrected chi connectivity index (χ3v) is 2.76. The lowest BCUT2D eigenvalue weighted by Gasteiger charge is -2.07. The molecule has 0 atom stereocenters. The van der Waals surface area contributed by atoms with Crippen LogP contribution in [0.25, 0.3) is 0 Å². The molecule has 2 rings (SSSR count). The summed E-state index contributed by atoms with van der Waals surface area (Å²) in [5.41, 5.74) is 0.751. The van der Waals surface area contributed by atoms with Gasteiger partial charge in [0.15, 0.2) is 0 Å². The van der Waals surface area contributed by atoms with E-state index in [2.05, 4.69) is 25.9 Å². The minimum atomic E-state index is 0.333. The van der Waals surface area contributed by atoms with Crippen molar-refractivity contribution in [1.29, 1.82) is 0 Å². The van der Waals surface area contributed by atoms with Gasteiger partial charge in [0.2, 0.25) is 0 Å². The first-order chi connectivity index (χ1) is 8.29. The van der Waals surface area contributed by atoms with Crippen LogP contribution in [0.5, 0.6) is 11.8 Å². The summed E-state index contributed by atoms with van der Waals surface area (Å²) in [5, 5.41) is 0. The van der Waals surface area contributed by atoms with Gasteiger partial charge in [-0.2, -0.15) is 4.98 Å². The topological polar surface area (TPSA) is 44.2 Å². The summed E-state index contributed by atoms with van der Waals surface area (Å²) >= 11 is 3.37. The second-order valence-corrected chi connectivity index (χ2v) is 4.11. The van der Waals surface area contributed by atoms with E-state index < -0.39 is 0 Å². The van der Waals surface area contributed by atoms with E-state index in [1.54, 1.807) is 6.20 Å². The van der Waals surface area contributed by atoms with Gasteiger partial charge in [-0.05, 0) is 28.1 Å². The first kappa shape index (κ1) is 11.9. The molecule has 0 spiro atoms. The zero-order valence-corrected chi connectivity index (χ0v) is 10.8. The van der Waals surface area contributed by atoms with Crippen LogP contribution >= 0.6 is 15.9 Å². The molecule has 0 radical (unpaired) electrons. The average molecular weight is 295 g/mol. The smallest absolute Gasteiger partial charge is 0.316 e. The molecule has 0 saturated carbocycles. The number of para-hydroxylation sites is 1. The average Bonchev–Trinajstić information content (AvgIpc) is 2.39. The van der Waals surface area contributed by atoms with E-state index in [4.69, 9.17) is 9.47 Å². The van der Waals surface area contributed by atoms with E-state index in [-0.39, 0.29) is 0 Å². The molecule has 0 aliphatic heterocycles. The molecular weight excluding hydrogens is 284 g/mol. The summed E-state index contributed by atoms with van der Waals surface area (Å²) < 4.78 is 11.4. The van der Waals surface area contributed by atoms with E-state index in [0.29, 0.717) is 12.6 Å². The molecule has 0 saturated heterocycles. The largest absolute Gasteiger partial charge is 0.487 e. The highest BCUT2D eigenvalue weighted by Crippen LogP contribution is 2.18. The van der Waals surface area contributed by atoms with Gasteiger partial charge in [-0.3, -0.25) is 0 Å². The predicted molar refractivity (Wildman–Crippen MR) is 67.1 cm³/mol. The Balaban J connectivity index is 2.08. The van der Waals surface area contributed by atoms with Crippen molar-refractivity contribution in [2.75, 3.05) is 7.11 Å². The summed E-state index contributed by atoms with van der Waals surface area (Å²) in [6.07, 6.45) is 1.65. The van der Waals surface area contributed by atoms with Gasteiger partial charge in [0, 0.05) is 6.20 Å². The Hall–Kier alpha value is -1.62. The Bertz CT molecular complexity index is 491. The number of ether oxygens (including phenoxy) is 2. The SMILES string of the molecule is COc1ncc(Br)c(COc2ccccc2)n1. The maximum atomic E-state index is 5.60. The van der Waals surface area contributed by atoms with Gasteiger partial charge in [0.25, 0.3) is 0 Å². The molecule has 4 nitrogen and oxygen atoms in total. The molecule has 1 aromatic carbocycles. The van der Waals surface area contributed by atoms with E-state index in [9.17, 15) is 0 Å². The maximum Gasteiger partial charge on any atom is 0.316 e. The molecular formula is C12H11BrN2O2. The van der Waals surface area contributed by atoms with Crippen molar-refractivity contribution in [2.24, 2.45) is 0 Å². The van der Waals surface area contributed by atoms with Crippen LogP contribution in [0.4, 0.5) is 0 Å². The van der Waals surface area contributed by atoms with Gasteiger partial charge in [0.1, 0.15) is 12.4 Å². The van der Waals surface area contributed by atoms with Crippen LogP contribution in [0.15, 0.2) is 41.0 Å². The molecule has 1 heterocycles. The van der Waals surface area contributed by atoms with Crippen molar-refractivity contribution in [1.82, 2.24) is 9.97 Å². The van der Waals surface area contributed by atoms with Crippen molar-refractivity contribution in [3.63, 3.8) is 0 Å². The number of nitrogens with zero attached hydrogens (tertiary/aromatic N) is 2. The Morgan fingerprint density at radius 2 is 2.00 bits per heavy atom. The van der Waals surface area contributed by atoms with Crippen LogP contribution in [0.1, 0.15) is 5.69 Å². The van der Waals surface area contributed by atoms with E-state index in [1.807, 2.05) is 30.3 Å². The third kappa shape index (κ3) is 3.17. The number of methoxy groups -OCH3 is 1. The molecule has 0 amide bonds. The molecule has 0 N–H and O–H groups in total. The van der Waals surface area contributed by atoms with Crippen LogP contribution in [0, 0.1) is 0 Å². The minimum absolute atomic E-state index is 0.333. The quantitative estimate of drug-likeness (QED) is 0.870. The molecule has 2 aromatic rings. The molecule has 5 heteroatoms. The lowest BCUT2D eigenvalue weighted by atomic mass is 10.3. The number of aromatic nitrogens is 2. The number of hydrogen-bond donors (Lipinski definition) is 0. The van der Waals surface area contributed by atoms with Crippen molar-refractivity contribution in [3.8, 4) is 11.8 Å². The number of hydrogen-bond acceptors (Lipinski definition) is 4. The molecule has 0 unspecified atom stereocenters. The van der Waals surface area contributed by atoms with Gasteiger partial charge in [0.05, 0.1) is 17.3 Å². The second kappa shape index (κ2) is 5.63.